The first-order valence-electron chi connectivity index (χ1n) is 5.73. The molecule has 1 aliphatic heterocycles. The van der Waals surface area contributed by atoms with Gasteiger partial charge in [0.05, 0.1) is 5.56 Å². The Kier molecular flexibility index (Phi) is 3.76. The van der Waals surface area contributed by atoms with Crippen LogP contribution in [-0.2, 0) is 19.1 Å². The maximum atomic E-state index is 14.6. The maximum Gasteiger partial charge on any atom is 0.320 e. The van der Waals surface area contributed by atoms with Crippen molar-refractivity contribution in [1.82, 2.24) is 5.48 Å². The molecule has 0 fully saturated rings. The van der Waals surface area contributed by atoms with Crippen LogP contribution in [0.5, 0.6) is 0 Å². The number of nitrogens with one attached hydrogen (secondary N) is 1. The number of rotatable bonds is 3. The molecular weight excluding hydrogens is 331 g/mol. The minimum atomic E-state index is -4.96. The van der Waals surface area contributed by atoms with Crippen LogP contribution in [0.4, 0.5) is 13.2 Å². The quantitative estimate of drug-likeness (QED) is 0.859. The summed E-state index contributed by atoms with van der Waals surface area (Å²) >= 11 is 5.37. The van der Waals surface area contributed by atoms with Gasteiger partial charge in [0, 0.05) is 0 Å². The number of hydroxylamine groups is 1. The largest absolute Gasteiger partial charge is 0.320 e. The highest BCUT2D eigenvalue weighted by molar-refractivity contribution is 7.97. The molecule has 0 radical (unpaired) electrons. The van der Waals surface area contributed by atoms with E-state index in [1.165, 1.54) is 13.8 Å². The lowest BCUT2D eigenvalue weighted by atomic mass is 10.1. The van der Waals surface area contributed by atoms with E-state index in [0.717, 1.165) is 12.1 Å². The van der Waals surface area contributed by atoms with Crippen LogP contribution in [0.3, 0.4) is 0 Å². The number of halogens is 4. The van der Waals surface area contributed by atoms with Gasteiger partial charge in [0.2, 0.25) is 9.84 Å². The summed E-state index contributed by atoms with van der Waals surface area (Å²) in [5, 5.41) is -0.701. The van der Waals surface area contributed by atoms with Crippen molar-refractivity contribution in [3.63, 3.8) is 0 Å². The summed E-state index contributed by atoms with van der Waals surface area (Å²) in [6, 6.07) is 2.39. The van der Waals surface area contributed by atoms with E-state index in [2.05, 4.69) is 0 Å². The fourth-order valence-corrected chi connectivity index (χ4v) is 3.50. The Morgan fingerprint density at radius 3 is 2.24 bits per heavy atom. The third-order valence-corrected chi connectivity index (χ3v) is 5.23. The number of sulfone groups is 1. The molecule has 1 aromatic carbocycles. The number of hydrogen-bond acceptors (Lipinski definition) is 4. The second kappa shape index (κ2) is 4.89. The van der Waals surface area contributed by atoms with Crippen LogP contribution in [0.15, 0.2) is 29.3 Å². The van der Waals surface area contributed by atoms with Gasteiger partial charge in [-0.25, -0.2) is 21.6 Å². The van der Waals surface area contributed by atoms with E-state index in [1.807, 2.05) is 5.48 Å². The number of benzene rings is 1. The van der Waals surface area contributed by atoms with E-state index in [9.17, 15) is 21.6 Å². The van der Waals surface area contributed by atoms with Crippen molar-refractivity contribution >= 4 is 21.4 Å². The highest BCUT2D eigenvalue weighted by Crippen LogP contribution is 2.43. The topological polar surface area (TPSA) is 55.4 Å². The molecule has 1 unspecified atom stereocenters. The number of hydrogen-bond donors (Lipinski definition) is 1. The zero-order chi connectivity index (χ0) is 16.1. The van der Waals surface area contributed by atoms with E-state index in [4.69, 9.17) is 16.4 Å². The van der Waals surface area contributed by atoms with Crippen LogP contribution in [-0.4, -0.2) is 14.0 Å². The Hall–Kier alpha value is -1.25. The van der Waals surface area contributed by atoms with Crippen LogP contribution in [0, 0.1) is 11.6 Å². The molecule has 21 heavy (non-hydrogen) atoms. The molecule has 1 heterocycles. The summed E-state index contributed by atoms with van der Waals surface area (Å²) in [7, 11) is -4.96. The van der Waals surface area contributed by atoms with Gasteiger partial charge in [0.15, 0.2) is 5.03 Å². The van der Waals surface area contributed by atoms with Gasteiger partial charge in [-0.1, -0.05) is 17.7 Å². The van der Waals surface area contributed by atoms with Gasteiger partial charge in [0.25, 0.3) is 0 Å². The molecular formula is C12H11ClF3NO3S. The molecule has 9 heteroatoms. The van der Waals surface area contributed by atoms with E-state index in [0.29, 0.717) is 12.1 Å². The first-order valence-corrected chi connectivity index (χ1v) is 7.59. The summed E-state index contributed by atoms with van der Waals surface area (Å²) in [5.41, 5.74) is -0.423. The van der Waals surface area contributed by atoms with Crippen LogP contribution < -0.4 is 5.48 Å². The second-order valence-electron chi connectivity index (χ2n) is 4.93. The summed E-state index contributed by atoms with van der Waals surface area (Å²) < 4.78 is 62.4. The second-order valence-corrected chi connectivity index (χ2v) is 7.69. The molecule has 0 amide bonds. The Morgan fingerprint density at radius 2 is 1.81 bits per heavy atom. The van der Waals surface area contributed by atoms with Crippen molar-refractivity contribution in [3.05, 3.63) is 46.5 Å². The lowest BCUT2D eigenvalue weighted by molar-refractivity contribution is -0.0131. The molecule has 1 aromatic rings. The minimum absolute atomic E-state index is 0.701. The fraction of sp³-hybridized carbons (Fsp3) is 0.333. The number of alkyl halides is 2. The smallest absolute Gasteiger partial charge is 0.265 e. The van der Waals surface area contributed by atoms with Gasteiger partial charge in [-0.2, -0.15) is 0 Å². The molecule has 1 atom stereocenters. The molecule has 116 valence electrons. The van der Waals surface area contributed by atoms with Gasteiger partial charge >= 0.3 is 4.46 Å². The van der Waals surface area contributed by atoms with Crippen LogP contribution in [0.25, 0.3) is 0 Å². The Balaban J connectivity index is 2.59. The average Bonchev–Trinajstić information content (AvgIpc) is 2.69. The molecule has 0 saturated heterocycles. The van der Waals surface area contributed by atoms with Crippen molar-refractivity contribution in [2.75, 3.05) is 0 Å². The molecule has 0 saturated carbocycles. The SMILES string of the molecule is CC1(C)C=C(S(=O)(=O)C(F)(Cl)c2c(F)cccc2F)NO1. The van der Waals surface area contributed by atoms with Crippen LogP contribution in [0.2, 0.25) is 0 Å². The molecule has 0 bridgehead atoms. The Bertz CT molecular complexity index is 696. The van der Waals surface area contributed by atoms with Crippen molar-refractivity contribution in [2.45, 2.75) is 23.9 Å². The van der Waals surface area contributed by atoms with Crippen LogP contribution in [0.1, 0.15) is 19.4 Å². The Morgan fingerprint density at radius 1 is 1.29 bits per heavy atom. The summed E-state index contributed by atoms with van der Waals surface area (Å²) in [5.74, 6) is -2.82. The zero-order valence-corrected chi connectivity index (χ0v) is 12.5. The van der Waals surface area contributed by atoms with Crippen molar-refractivity contribution in [3.8, 4) is 0 Å². The third kappa shape index (κ3) is 2.63. The van der Waals surface area contributed by atoms with Gasteiger partial charge in [-0.05, 0) is 32.1 Å². The first kappa shape index (κ1) is 16.1. The lowest BCUT2D eigenvalue weighted by Crippen LogP contribution is -2.32. The molecule has 0 aromatic heterocycles. The average molecular weight is 342 g/mol. The van der Waals surface area contributed by atoms with Crippen molar-refractivity contribution in [1.29, 1.82) is 0 Å². The highest BCUT2D eigenvalue weighted by atomic mass is 35.5. The molecule has 4 nitrogen and oxygen atoms in total. The molecule has 0 spiro atoms. The zero-order valence-electron chi connectivity index (χ0n) is 11.0. The molecule has 2 rings (SSSR count). The normalized spacial score (nSPS) is 20.6. The third-order valence-electron chi connectivity index (χ3n) is 2.77. The van der Waals surface area contributed by atoms with Crippen LogP contribution >= 0.6 is 11.6 Å². The van der Waals surface area contributed by atoms with E-state index in [1.54, 1.807) is 0 Å². The van der Waals surface area contributed by atoms with Crippen molar-refractivity contribution < 1.29 is 26.4 Å². The Labute approximate surface area is 124 Å². The summed E-state index contributed by atoms with van der Waals surface area (Å²) in [6.45, 7) is 3.00. The van der Waals surface area contributed by atoms with E-state index in [-0.39, 0.29) is 0 Å². The van der Waals surface area contributed by atoms with Gasteiger partial charge in [-0.3, -0.25) is 10.3 Å². The predicted octanol–water partition coefficient (Wildman–Crippen LogP) is 2.85. The lowest BCUT2D eigenvalue weighted by Gasteiger charge is -2.20. The predicted molar refractivity (Wildman–Crippen MR) is 70.3 cm³/mol. The van der Waals surface area contributed by atoms with E-state index < -0.39 is 42.1 Å². The minimum Gasteiger partial charge on any atom is -0.265 e. The standard InChI is InChI=1S/C12H11ClF3NO3S/c1-11(2)6-9(17-20-11)21(18,19)12(13,16)10-7(14)4-3-5-8(10)15/h3-6,17H,1-2H3. The fourth-order valence-electron chi connectivity index (χ4n) is 1.74. The molecule has 1 N–H and O–H groups in total. The van der Waals surface area contributed by atoms with Gasteiger partial charge in [-0.15, -0.1) is 0 Å². The van der Waals surface area contributed by atoms with Crippen molar-refractivity contribution in [2.24, 2.45) is 0 Å². The summed E-state index contributed by atoms with van der Waals surface area (Å²) in [4.78, 5) is 4.90. The highest BCUT2D eigenvalue weighted by Gasteiger charge is 2.52. The van der Waals surface area contributed by atoms with Gasteiger partial charge < -0.3 is 0 Å². The monoisotopic (exact) mass is 341 g/mol. The summed E-state index contributed by atoms with van der Waals surface area (Å²) in [6.07, 6.45) is 1.05. The van der Waals surface area contributed by atoms with Gasteiger partial charge in [0.1, 0.15) is 17.2 Å². The maximum absolute atomic E-state index is 14.6. The molecule has 0 aliphatic carbocycles. The first-order chi connectivity index (χ1) is 9.49. The molecule has 1 aliphatic rings. The van der Waals surface area contributed by atoms with E-state index >= 15 is 0 Å².